The normalized spacial score (nSPS) is 14.1. The molecule has 1 unspecified atom stereocenters. The van der Waals surface area contributed by atoms with Crippen molar-refractivity contribution in [1.29, 1.82) is 0 Å². The van der Waals surface area contributed by atoms with Gasteiger partial charge in [0, 0.05) is 5.02 Å². The molecule has 1 rings (SSSR count). The fourth-order valence-electron chi connectivity index (χ4n) is 0.982. The average molecular weight is 220 g/mol. The number of sulfonamides is 1. The van der Waals surface area contributed by atoms with Crippen molar-refractivity contribution in [2.75, 3.05) is 0 Å². The molecule has 3 nitrogen and oxygen atoms in total. The van der Waals surface area contributed by atoms with Gasteiger partial charge in [0.05, 0.1) is 5.25 Å². The van der Waals surface area contributed by atoms with Gasteiger partial charge in [0.25, 0.3) is 0 Å². The smallest absolute Gasteiger partial charge is 0.215 e. The average Bonchev–Trinajstić information content (AvgIpc) is 2.02. The molecule has 2 N–H and O–H groups in total. The Morgan fingerprint density at radius 2 is 1.92 bits per heavy atom. The third kappa shape index (κ3) is 2.43. The van der Waals surface area contributed by atoms with Gasteiger partial charge in [0.15, 0.2) is 0 Å². The fourth-order valence-corrected chi connectivity index (χ4v) is 1.91. The minimum Gasteiger partial charge on any atom is -0.228 e. The molecule has 0 aliphatic heterocycles. The standard InChI is InChI=1S/C8H10ClNO2S/c1-6(13(10,11)12)7-4-2-3-5-8(7)9/h2-6H,1H3,(H2,10,11,12). The van der Waals surface area contributed by atoms with Crippen molar-refractivity contribution in [2.45, 2.75) is 12.2 Å². The van der Waals surface area contributed by atoms with Crippen molar-refractivity contribution >= 4 is 21.6 Å². The van der Waals surface area contributed by atoms with Crippen molar-refractivity contribution in [1.82, 2.24) is 0 Å². The van der Waals surface area contributed by atoms with Gasteiger partial charge >= 0.3 is 0 Å². The lowest BCUT2D eigenvalue weighted by atomic mass is 10.2. The third-order valence-corrected chi connectivity index (χ3v) is 3.42. The van der Waals surface area contributed by atoms with Crippen LogP contribution >= 0.6 is 11.6 Å². The lowest BCUT2D eigenvalue weighted by Gasteiger charge is -2.10. The zero-order valence-electron chi connectivity index (χ0n) is 7.07. The summed E-state index contributed by atoms with van der Waals surface area (Å²) in [4.78, 5) is 0. The van der Waals surface area contributed by atoms with E-state index in [1.807, 2.05) is 0 Å². The third-order valence-electron chi connectivity index (χ3n) is 1.84. The zero-order chi connectivity index (χ0) is 10.1. The molecule has 0 aromatic heterocycles. The molecule has 1 atom stereocenters. The molecule has 1 aromatic rings. The molecule has 72 valence electrons. The van der Waals surface area contributed by atoms with Gasteiger partial charge in [-0.25, -0.2) is 13.6 Å². The first-order valence-corrected chi connectivity index (χ1v) is 5.67. The Kier molecular flexibility index (Phi) is 2.95. The van der Waals surface area contributed by atoms with Crippen LogP contribution in [0.3, 0.4) is 0 Å². The van der Waals surface area contributed by atoms with Crippen LogP contribution in [0.15, 0.2) is 24.3 Å². The summed E-state index contributed by atoms with van der Waals surface area (Å²) in [5, 5.41) is 4.65. The molecule has 0 heterocycles. The first-order valence-electron chi connectivity index (χ1n) is 3.69. The molecule has 0 radical (unpaired) electrons. The summed E-state index contributed by atoms with van der Waals surface area (Å²) >= 11 is 5.81. The van der Waals surface area contributed by atoms with Crippen LogP contribution in [0.25, 0.3) is 0 Å². The van der Waals surface area contributed by atoms with E-state index in [0.29, 0.717) is 10.6 Å². The second-order valence-electron chi connectivity index (χ2n) is 2.75. The van der Waals surface area contributed by atoms with E-state index in [4.69, 9.17) is 16.7 Å². The van der Waals surface area contributed by atoms with Gasteiger partial charge < -0.3 is 0 Å². The molecule has 0 saturated heterocycles. The summed E-state index contributed by atoms with van der Waals surface area (Å²) < 4.78 is 22.0. The van der Waals surface area contributed by atoms with Gasteiger partial charge in [-0.05, 0) is 18.6 Å². The molecule has 1 aromatic carbocycles. The highest BCUT2D eigenvalue weighted by atomic mass is 35.5. The number of hydrogen-bond acceptors (Lipinski definition) is 2. The first kappa shape index (κ1) is 10.5. The van der Waals surface area contributed by atoms with Crippen molar-refractivity contribution in [3.8, 4) is 0 Å². The van der Waals surface area contributed by atoms with Crippen LogP contribution in [0.2, 0.25) is 5.02 Å². The quantitative estimate of drug-likeness (QED) is 0.823. The maximum Gasteiger partial charge on any atom is 0.215 e. The molecule has 13 heavy (non-hydrogen) atoms. The van der Waals surface area contributed by atoms with Crippen LogP contribution in [-0.4, -0.2) is 8.42 Å². The molecule has 0 aliphatic rings. The van der Waals surface area contributed by atoms with Gasteiger partial charge in [-0.1, -0.05) is 29.8 Å². The molecular weight excluding hydrogens is 210 g/mol. The predicted molar refractivity (Wildman–Crippen MR) is 53.0 cm³/mol. The van der Waals surface area contributed by atoms with E-state index < -0.39 is 15.3 Å². The second-order valence-corrected chi connectivity index (χ2v) is 5.05. The Labute approximate surface area is 82.6 Å². The Balaban J connectivity index is 3.17. The molecule has 5 heteroatoms. The number of rotatable bonds is 2. The number of primary sulfonamides is 1. The van der Waals surface area contributed by atoms with E-state index in [1.54, 1.807) is 24.3 Å². The van der Waals surface area contributed by atoms with Crippen molar-refractivity contribution in [3.05, 3.63) is 34.9 Å². The number of hydrogen-bond donors (Lipinski definition) is 1. The summed E-state index contributed by atoms with van der Waals surface area (Å²) in [5.41, 5.74) is 0.534. The molecule has 0 fully saturated rings. The lowest BCUT2D eigenvalue weighted by Crippen LogP contribution is -2.19. The number of halogens is 1. The molecule has 0 saturated carbocycles. The monoisotopic (exact) mass is 219 g/mol. The zero-order valence-corrected chi connectivity index (χ0v) is 8.64. The predicted octanol–water partition coefficient (Wildman–Crippen LogP) is 1.69. The highest BCUT2D eigenvalue weighted by Crippen LogP contribution is 2.26. The summed E-state index contributed by atoms with van der Waals surface area (Å²) in [6, 6.07) is 6.75. The largest absolute Gasteiger partial charge is 0.228 e. The maximum atomic E-state index is 11.0. The van der Waals surface area contributed by atoms with Gasteiger partial charge in [-0.15, -0.1) is 0 Å². The SMILES string of the molecule is CC(c1ccccc1Cl)S(N)(=O)=O. The second kappa shape index (κ2) is 3.65. The van der Waals surface area contributed by atoms with Crippen molar-refractivity contribution in [2.24, 2.45) is 5.14 Å². The van der Waals surface area contributed by atoms with E-state index in [2.05, 4.69) is 0 Å². The van der Waals surface area contributed by atoms with E-state index in [0.717, 1.165) is 0 Å². The van der Waals surface area contributed by atoms with Crippen LogP contribution in [0.1, 0.15) is 17.7 Å². The topological polar surface area (TPSA) is 60.2 Å². The van der Waals surface area contributed by atoms with Gasteiger partial charge in [-0.2, -0.15) is 0 Å². The van der Waals surface area contributed by atoms with Crippen LogP contribution in [0.5, 0.6) is 0 Å². The van der Waals surface area contributed by atoms with Gasteiger partial charge in [0.2, 0.25) is 10.0 Å². The minimum atomic E-state index is -3.56. The molecular formula is C8H10ClNO2S. The summed E-state index contributed by atoms with van der Waals surface area (Å²) in [7, 11) is -3.56. The van der Waals surface area contributed by atoms with Crippen molar-refractivity contribution < 1.29 is 8.42 Å². The Hall–Kier alpha value is -0.580. The Morgan fingerprint density at radius 1 is 1.38 bits per heavy atom. The minimum absolute atomic E-state index is 0.420. The van der Waals surface area contributed by atoms with Gasteiger partial charge in [0.1, 0.15) is 0 Å². The summed E-state index contributed by atoms with van der Waals surface area (Å²) in [6.07, 6.45) is 0. The molecule has 0 amide bonds. The lowest BCUT2D eigenvalue weighted by molar-refractivity contribution is 0.588. The molecule has 0 spiro atoms. The summed E-state index contributed by atoms with van der Waals surface area (Å²) in [5.74, 6) is 0. The van der Waals surface area contributed by atoms with Crippen LogP contribution < -0.4 is 5.14 Å². The van der Waals surface area contributed by atoms with Crippen molar-refractivity contribution in [3.63, 3.8) is 0 Å². The number of benzene rings is 1. The summed E-state index contributed by atoms with van der Waals surface area (Å²) in [6.45, 7) is 1.51. The molecule has 0 bridgehead atoms. The Morgan fingerprint density at radius 3 is 2.38 bits per heavy atom. The Bertz CT molecular complexity index is 402. The van der Waals surface area contributed by atoms with E-state index in [1.165, 1.54) is 6.92 Å². The fraction of sp³-hybridized carbons (Fsp3) is 0.250. The van der Waals surface area contributed by atoms with E-state index in [9.17, 15) is 8.42 Å². The highest BCUT2D eigenvalue weighted by molar-refractivity contribution is 7.89. The van der Waals surface area contributed by atoms with Crippen LogP contribution in [0, 0.1) is 0 Å². The highest BCUT2D eigenvalue weighted by Gasteiger charge is 2.19. The number of nitrogens with two attached hydrogens (primary N) is 1. The van der Waals surface area contributed by atoms with Gasteiger partial charge in [-0.3, -0.25) is 0 Å². The van der Waals surface area contributed by atoms with Crippen LogP contribution in [0.4, 0.5) is 0 Å². The molecule has 0 aliphatic carbocycles. The van der Waals surface area contributed by atoms with E-state index >= 15 is 0 Å². The van der Waals surface area contributed by atoms with E-state index in [-0.39, 0.29) is 0 Å². The van der Waals surface area contributed by atoms with Crippen LogP contribution in [-0.2, 0) is 10.0 Å². The maximum absolute atomic E-state index is 11.0. The first-order chi connectivity index (χ1) is 5.93.